The summed E-state index contributed by atoms with van der Waals surface area (Å²) in [6.07, 6.45) is 3.26. The lowest BCUT2D eigenvalue weighted by atomic mass is 9.92. The van der Waals surface area contributed by atoms with Gasteiger partial charge in [-0.3, -0.25) is 4.79 Å². The Morgan fingerprint density at radius 3 is 2.50 bits per heavy atom. The largest absolute Gasteiger partial charge is 0.481 e. The van der Waals surface area contributed by atoms with Crippen LogP contribution in [0.2, 0.25) is 0 Å². The number of aliphatic hydroxyl groups is 1. The van der Waals surface area contributed by atoms with Crippen molar-refractivity contribution in [3.63, 3.8) is 0 Å². The van der Waals surface area contributed by atoms with E-state index >= 15 is 0 Å². The molecule has 0 bridgehead atoms. The number of aliphatic hydroxyl groups excluding tert-OH is 1. The highest BCUT2D eigenvalue weighted by molar-refractivity contribution is 5.66. The van der Waals surface area contributed by atoms with Crippen LogP contribution in [0.4, 0.5) is 0 Å². The molecule has 0 radical (unpaired) electrons. The Morgan fingerprint density at radius 1 is 1.36 bits per heavy atom. The van der Waals surface area contributed by atoms with Gasteiger partial charge in [-0.1, -0.05) is 0 Å². The number of carboxylic acid groups (broad SMARTS) is 1. The van der Waals surface area contributed by atoms with E-state index in [1.165, 1.54) is 0 Å². The van der Waals surface area contributed by atoms with E-state index in [4.69, 9.17) is 10.2 Å². The molecule has 1 rings (SSSR count). The Hall–Kier alpha value is -0.610. The lowest BCUT2D eigenvalue weighted by molar-refractivity contribution is -0.137. The molecule has 1 aliphatic rings. The topological polar surface area (TPSA) is 60.8 Å². The SMILES string of the molecule is O=C(O)CCC1CCN(CCO)CC1. The molecule has 1 heterocycles. The fourth-order valence-electron chi connectivity index (χ4n) is 1.97. The molecule has 2 N–H and O–H groups in total. The van der Waals surface area contributed by atoms with Crippen LogP contribution in [0.1, 0.15) is 25.7 Å². The highest BCUT2D eigenvalue weighted by Crippen LogP contribution is 2.21. The number of rotatable bonds is 5. The number of hydrogen-bond donors (Lipinski definition) is 2. The molecule has 0 atom stereocenters. The first-order valence-corrected chi connectivity index (χ1v) is 5.27. The van der Waals surface area contributed by atoms with E-state index in [0.717, 1.165) is 38.9 Å². The van der Waals surface area contributed by atoms with Crippen molar-refractivity contribution in [1.82, 2.24) is 4.90 Å². The third-order valence-electron chi connectivity index (χ3n) is 2.89. The maximum absolute atomic E-state index is 10.4. The molecule has 1 saturated heterocycles. The number of hydrogen-bond acceptors (Lipinski definition) is 3. The standard InChI is InChI=1S/C10H19NO3/c12-8-7-11-5-3-9(4-6-11)1-2-10(13)14/h9,12H,1-8H2,(H,13,14). The van der Waals surface area contributed by atoms with Gasteiger partial charge in [-0.2, -0.15) is 0 Å². The predicted octanol–water partition coefficient (Wildman–Crippen LogP) is 0.556. The van der Waals surface area contributed by atoms with Crippen LogP contribution in [0.25, 0.3) is 0 Å². The molecule has 82 valence electrons. The van der Waals surface area contributed by atoms with Crippen LogP contribution in [-0.4, -0.2) is 47.3 Å². The fraction of sp³-hybridized carbons (Fsp3) is 0.900. The smallest absolute Gasteiger partial charge is 0.303 e. The molecular formula is C10H19NO3. The molecule has 4 heteroatoms. The number of piperidine rings is 1. The number of carbonyl (C=O) groups is 1. The summed E-state index contributed by atoms with van der Waals surface area (Å²) in [4.78, 5) is 12.6. The first-order chi connectivity index (χ1) is 6.72. The molecule has 0 aromatic rings. The third kappa shape index (κ3) is 4.07. The van der Waals surface area contributed by atoms with E-state index in [9.17, 15) is 4.79 Å². The van der Waals surface area contributed by atoms with Crippen molar-refractivity contribution in [2.24, 2.45) is 5.92 Å². The summed E-state index contributed by atoms with van der Waals surface area (Å²) >= 11 is 0. The quantitative estimate of drug-likeness (QED) is 0.682. The zero-order chi connectivity index (χ0) is 10.4. The normalized spacial score (nSPS) is 19.8. The van der Waals surface area contributed by atoms with Crippen LogP contribution in [-0.2, 0) is 4.79 Å². The maximum atomic E-state index is 10.4. The minimum absolute atomic E-state index is 0.222. The minimum Gasteiger partial charge on any atom is -0.481 e. The molecule has 0 aromatic heterocycles. The van der Waals surface area contributed by atoms with E-state index in [-0.39, 0.29) is 6.61 Å². The van der Waals surface area contributed by atoms with Crippen LogP contribution in [0.5, 0.6) is 0 Å². The van der Waals surface area contributed by atoms with Gasteiger partial charge in [0.1, 0.15) is 0 Å². The van der Waals surface area contributed by atoms with Gasteiger partial charge < -0.3 is 15.1 Å². The molecule has 0 spiro atoms. The van der Waals surface area contributed by atoms with Gasteiger partial charge in [0, 0.05) is 13.0 Å². The molecule has 4 nitrogen and oxygen atoms in total. The van der Waals surface area contributed by atoms with Crippen molar-refractivity contribution in [2.45, 2.75) is 25.7 Å². The van der Waals surface area contributed by atoms with Crippen molar-refractivity contribution in [3.05, 3.63) is 0 Å². The monoisotopic (exact) mass is 201 g/mol. The second-order valence-electron chi connectivity index (χ2n) is 3.94. The molecule has 0 aliphatic carbocycles. The molecule has 1 aliphatic heterocycles. The van der Waals surface area contributed by atoms with Crippen molar-refractivity contribution >= 4 is 5.97 Å². The summed E-state index contributed by atoms with van der Waals surface area (Å²) in [5.74, 6) is -0.121. The highest BCUT2D eigenvalue weighted by atomic mass is 16.4. The Balaban J connectivity index is 2.12. The van der Waals surface area contributed by atoms with E-state index in [0.29, 0.717) is 12.3 Å². The Bertz CT molecular complexity index is 176. The van der Waals surface area contributed by atoms with Gasteiger partial charge in [0.05, 0.1) is 6.61 Å². The summed E-state index contributed by atoms with van der Waals surface area (Å²) in [7, 11) is 0. The first kappa shape index (κ1) is 11.5. The lowest BCUT2D eigenvalue weighted by Gasteiger charge is -2.31. The first-order valence-electron chi connectivity index (χ1n) is 5.27. The molecule has 0 unspecified atom stereocenters. The number of aliphatic carboxylic acids is 1. The molecular weight excluding hydrogens is 182 g/mol. The Kier molecular flexibility index (Phi) is 4.90. The predicted molar refractivity (Wildman–Crippen MR) is 53.1 cm³/mol. The fourth-order valence-corrected chi connectivity index (χ4v) is 1.97. The number of carboxylic acids is 1. The molecule has 14 heavy (non-hydrogen) atoms. The van der Waals surface area contributed by atoms with Gasteiger partial charge in [-0.25, -0.2) is 0 Å². The summed E-state index contributed by atoms with van der Waals surface area (Å²) in [6.45, 7) is 2.99. The minimum atomic E-state index is -0.692. The van der Waals surface area contributed by atoms with Crippen molar-refractivity contribution in [2.75, 3.05) is 26.2 Å². The zero-order valence-electron chi connectivity index (χ0n) is 8.48. The van der Waals surface area contributed by atoms with Gasteiger partial charge in [0.15, 0.2) is 0 Å². The van der Waals surface area contributed by atoms with Crippen LogP contribution in [0.3, 0.4) is 0 Å². The second kappa shape index (κ2) is 5.98. The van der Waals surface area contributed by atoms with E-state index in [1.54, 1.807) is 0 Å². The van der Waals surface area contributed by atoms with Crippen molar-refractivity contribution in [1.29, 1.82) is 0 Å². The maximum Gasteiger partial charge on any atom is 0.303 e. The van der Waals surface area contributed by atoms with Crippen LogP contribution in [0, 0.1) is 5.92 Å². The van der Waals surface area contributed by atoms with Crippen molar-refractivity contribution < 1.29 is 15.0 Å². The summed E-state index contributed by atoms with van der Waals surface area (Å²) < 4.78 is 0. The van der Waals surface area contributed by atoms with Crippen LogP contribution < -0.4 is 0 Å². The van der Waals surface area contributed by atoms with E-state index < -0.39 is 5.97 Å². The summed E-state index contributed by atoms with van der Waals surface area (Å²) in [6, 6.07) is 0. The average molecular weight is 201 g/mol. The highest BCUT2D eigenvalue weighted by Gasteiger charge is 2.18. The molecule has 1 fully saturated rings. The van der Waals surface area contributed by atoms with Gasteiger partial charge in [0.25, 0.3) is 0 Å². The molecule has 0 amide bonds. The molecule has 0 aromatic carbocycles. The lowest BCUT2D eigenvalue weighted by Crippen LogP contribution is -2.35. The summed E-state index contributed by atoms with van der Waals surface area (Å²) in [5, 5.41) is 17.3. The number of likely N-dealkylation sites (tertiary alicyclic amines) is 1. The third-order valence-corrected chi connectivity index (χ3v) is 2.89. The Morgan fingerprint density at radius 2 is 2.00 bits per heavy atom. The van der Waals surface area contributed by atoms with Gasteiger partial charge >= 0.3 is 5.97 Å². The Labute approximate surface area is 84.5 Å². The zero-order valence-corrected chi connectivity index (χ0v) is 8.48. The summed E-state index contributed by atoms with van der Waals surface area (Å²) in [5.41, 5.74) is 0. The van der Waals surface area contributed by atoms with Gasteiger partial charge in [0.2, 0.25) is 0 Å². The van der Waals surface area contributed by atoms with Crippen LogP contribution in [0.15, 0.2) is 0 Å². The average Bonchev–Trinajstić information content (AvgIpc) is 2.17. The van der Waals surface area contributed by atoms with E-state index in [2.05, 4.69) is 4.90 Å². The molecule has 0 saturated carbocycles. The second-order valence-corrected chi connectivity index (χ2v) is 3.94. The van der Waals surface area contributed by atoms with Gasteiger partial charge in [-0.05, 0) is 38.3 Å². The number of nitrogens with zero attached hydrogens (tertiary/aromatic N) is 1. The number of β-amino-alcohol motifs (C(OH)–C–C–N with tert-alkyl or cyclic N) is 1. The van der Waals surface area contributed by atoms with E-state index in [1.807, 2.05) is 0 Å². The van der Waals surface area contributed by atoms with Crippen molar-refractivity contribution in [3.8, 4) is 0 Å². The van der Waals surface area contributed by atoms with Crippen LogP contribution >= 0.6 is 0 Å². The van der Waals surface area contributed by atoms with Gasteiger partial charge in [-0.15, -0.1) is 0 Å².